The molecule has 0 spiro atoms. The van der Waals surface area contributed by atoms with Gasteiger partial charge >= 0.3 is 0 Å². The Morgan fingerprint density at radius 1 is 1.83 bits per heavy atom. The van der Waals surface area contributed by atoms with Gasteiger partial charge in [-0.2, -0.15) is 0 Å². The van der Waals surface area contributed by atoms with E-state index in [0.717, 1.165) is 19.3 Å². The van der Waals surface area contributed by atoms with E-state index in [-0.39, 0.29) is 6.40 Å². The van der Waals surface area contributed by atoms with Crippen LogP contribution in [0.15, 0.2) is 0 Å². The lowest BCUT2D eigenvalue weighted by Crippen LogP contribution is -1.78. The molecule has 0 aliphatic heterocycles. The van der Waals surface area contributed by atoms with E-state index in [0.29, 0.717) is 0 Å². The van der Waals surface area contributed by atoms with E-state index in [9.17, 15) is 0 Å². The van der Waals surface area contributed by atoms with E-state index in [1.54, 1.807) is 0 Å². The van der Waals surface area contributed by atoms with Crippen LogP contribution in [-0.2, 0) is 0 Å². The highest BCUT2D eigenvalue weighted by molar-refractivity contribution is 4.60. The van der Waals surface area contributed by atoms with Crippen LogP contribution in [0.5, 0.6) is 0 Å². The number of hydrogen-bond donors (Lipinski definition) is 0. The van der Waals surface area contributed by atoms with Gasteiger partial charge in [-0.3, -0.25) is 0 Å². The van der Waals surface area contributed by atoms with Crippen molar-refractivity contribution in [2.24, 2.45) is 5.89 Å². The first-order chi connectivity index (χ1) is 3.63. The Morgan fingerprint density at radius 3 is 2.83 bits per heavy atom. The largest absolute Gasteiger partial charge is 0.0625 e. The molecule has 0 heterocycles. The van der Waals surface area contributed by atoms with Crippen LogP contribution in [0.2, 0.25) is 0 Å². The molecule has 0 aromatic heterocycles. The van der Waals surface area contributed by atoms with E-state index in [1.165, 1.54) is 0 Å². The summed E-state index contributed by atoms with van der Waals surface area (Å²) in [6, 6.07) is 0. The fourth-order valence-electron chi connectivity index (χ4n) is 0.831. The smallest absolute Gasteiger partial charge is 0.0300 e. The van der Waals surface area contributed by atoms with Gasteiger partial charge in [-0.1, -0.05) is 32.6 Å². The second-order valence-electron chi connectivity index (χ2n) is 1.94. The highest BCUT2D eigenvalue weighted by Gasteiger charge is 2.07. The van der Waals surface area contributed by atoms with Crippen molar-refractivity contribution in [1.82, 2.24) is 0 Å². The first-order valence-corrected chi connectivity index (χ1v) is 2.55. The van der Waals surface area contributed by atoms with Gasteiger partial charge in [-0.25, -0.2) is 0 Å². The number of rotatable bonds is 0. The predicted molar refractivity (Wildman–Crippen MR) is 27.6 cm³/mol. The normalized spacial score (nSPS) is 63.8. The van der Waals surface area contributed by atoms with Gasteiger partial charge in [0.1, 0.15) is 0 Å². The standard InChI is InChI=1S/C6H12/c1-6-4-2-3-5-6/h6H,2-5H2,1H3/i4D,6D. The molecule has 0 heteroatoms. The van der Waals surface area contributed by atoms with E-state index < -0.39 is 5.89 Å². The molecule has 0 saturated heterocycles. The van der Waals surface area contributed by atoms with Gasteiger partial charge in [0.15, 0.2) is 0 Å². The molecule has 0 amide bonds. The molecule has 0 bridgehead atoms. The third kappa shape index (κ3) is 0.735. The molecule has 0 aromatic rings. The first-order valence-electron chi connectivity index (χ1n) is 3.63. The quantitative estimate of drug-likeness (QED) is 0.424. The Kier molecular flexibility index (Phi) is 0.638. The molecule has 1 fully saturated rings. The molecular weight excluding hydrogens is 72.1 g/mol. The zero-order valence-electron chi connectivity index (χ0n) is 6.20. The highest BCUT2D eigenvalue weighted by Crippen LogP contribution is 2.22. The molecule has 0 nitrogen and oxygen atoms in total. The van der Waals surface area contributed by atoms with Crippen molar-refractivity contribution in [2.45, 2.75) is 32.6 Å². The van der Waals surface area contributed by atoms with E-state index in [2.05, 4.69) is 0 Å². The summed E-state index contributed by atoms with van der Waals surface area (Å²) in [5, 5.41) is 0. The van der Waals surface area contributed by atoms with Crippen LogP contribution in [0.4, 0.5) is 0 Å². The molecule has 1 aliphatic rings. The molecule has 1 aliphatic carbocycles. The Bertz CT molecular complexity index is 88.5. The molecule has 1 saturated carbocycles. The molecule has 6 heavy (non-hydrogen) atoms. The fourth-order valence-corrected chi connectivity index (χ4v) is 0.831. The monoisotopic (exact) mass is 86.1 g/mol. The Morgan fingerprint density at radius 2 is 2.67 bits per heavy atom. The molecular formula is C6H12. The molecule has 0 N–H and O–H groups in total. The Hall–Kier alpha value is 0. The summed E-state index contributed by atoms with van der Waals surface area (Å²) in [5.41, 5.74) is 0. The SMILES string of the molecule is [2H]C1CCCC1([2H])C. The molecule has 36 valence electrons. The zero-order chi connectivity index (χ0) is 6.20. The fraction of sp³-hybridized carbons (Fsp3) is 1.00. The molecule has 2 atom stereocenters. The van der Waals surface area contributed by atoms with Crippen LogP contribution in [0.1, 0.15) is 35.3 Å². The Balaban J connectivity index is 2.54. The summed E-state index contributed by atoms with van der Waals surface area (Å²) < 4.78 is 14.9. The molecule has 0 aromatic carbocycles. The van der Waals surface area contributed by atoms with Crippen LogP contribution in [0.25, 0.3) is 0 Å². The lowest BCUT2D eigenvalue weighted by Gasteiger charge is -1.91. The van der Waals surface area contributed by atoms with Crippen molar-refractivity contribution in [3.63, 3.8) is 0 Å². The number of hydrogen-bond acceptors (Lipinski definition) is 0. The van der Waals surface area contributed by atoms with Crippen molar-refractivity contribution in [2.75, 3.05) is 0 Å². The maximum atomic E-state index is 7.50. The van der Waals surface area contributed by atoms with Crippen LogP contribution in [-0.4, -0.2) is 0 Å². The van der Waals surface area contributed by atoms with Gasteiger partial charge in [0.2, 0.25) is 0 Å². The van der Waals surface area contributed by atoms with Crippen LogP contribution < -0.4 is 0 Å². The van der Waals surface area contributed by atoms with E-state index >= 15 is 0 Å². The van der Waals surface area contributed by atoms with Gasteiger partial charge in [0.05, 0.1) is 0 Å². The highest BCUT2D eigenvalue weighted by atomic mass is 14.1. The van der Waals surface area contributed by atoms with Crippen molar-refractivity contribution in [3.8, 4) is 0 Å². The second kappa shape index (κ2) is 1.63. The van der Waals surface area contributed by atoms with Crippen LogP contribution in [0, 0.1) is 5.89 Å². The minimum Gasteiger partial charge on any atom is -0.0625 e. The maximum Gasteiger partial charge on any atom is 0.0300 e. The summed E-state index contributed by atoms with van der Waals surface area (Å²) >= 11 is 0. The second-order valence-corrected chi connectivity index (χ2v) is 1.94. The summed E-state index contributed by atoms with van der Waals surface area (Å²) in [4.78, 5) is 0. The van der Waals surface area contributed by atoms with Gasteiger partial charge in [0, 0.05) is 2.74 Å². The molecule has 0 radical (unpaired) electrons. The van der Waals surface area contributed by atoms with Gasteiger partial charge < -0.3 is 0 Å². The lowest BCUT2D eigenvalue weighted by atomic mass is 10.2. The lowest BCUT2D eigenvalue weighted by molar-refractivity contribution is 0.612. The van der Waals surface area contributed by atoms with E-state index in [4.69, 9.17) is 2.74 Å². The molecule has 1 rings (SSSR count). The average molecular weight is 86.2 g/mol. The predicted octanol–water partition coefficient (Wildman–Crippen LogP) is 2.20. The summed E-state index contributed by atoms with van der Waals surface area (Å²) in [5.74, 6) is -0.431. The van der Waals surface area contributed by atoms with Crippen LogP contribution >= 0.6 is 0 Å². The van der Waals surface area contributed by atoms with Crippen LogP contribution in [0.3, 0.4) is 0 Å². The summed E-state index contributed by atoms with van der Waals surface area (Å²) in [7, 11) is 0. The Labute approximate surface area is 42.4 Å². The zero-order valence-corrected chi connectivity index (χ0v) is 4.20. The van der Waals surface area contributed by atoms with Crippen molar-refractivity contribution < 1.29 is 2.74 Å². The molecule has 2 unspecified atom stereocenters. The minimum absolute atomic E-state index is 0.123. The van der Waals surface area contributed by atoms with Gasteiger partial charge in [0.25, 0.3) is 0 Å². The van der Waals surface area contributed by atoms with Gasteiger partial charge in [-0.15, -0.1) is 0 Å². The minimum atomic E-state index is -0.431. The summed E-state index contributed by atoms with van der Waals surface area (Å²) in [6.07, 6.45) is 2.80. The third-order valence-corrected chi connectivity index (χ3v) is 1.27. The average Bonchev–Trinajstić information content (AvgIpc) is 1.86. The van der Waals surface area contributed by atoms with Crippen molar-refractivity contribution in [3.05, 3.63) is 0 Å². The third-order valence-electron chi connectivity index (χ3n) is 1.27. The van der Waals surface area contributed by atoms with E-state index in [1.807, 2.05) is 6.92 Å². The van der Waals surface area contributed by atoms with Gasteiger partial charge in [-0.05, 0) is 5.89 Å². The first kappa shape index (κ1) is 2.34. The topological polar surface area (TPSA) is 0 Å². The van der Waals surface area contributed by atoms with Crippen molar-refractivity contribution >= 4 is 0 Å². The maximum absolute atomic E-state index is 7.50. The summed E-state index contributed by atoms with van der Waals surface area (Å²) in [6.45, 7) is 1.86. The van der Waals surface area contributed by atoms with Crippen molar-refractivity contribution in [1.29, 1.82) is 0 Å².